The summed E-state index contributed by atoms with van der Waals surface area (Å²) in [5.41, 5.74) is 2.75. The van der Waals surface area contributed by atoms with Crippen molar-refractivity contribution in [2.75, 3.05) is 5.32 Å². The van der Waals surface area contributed by atoms with Crippen LogP contribution in [0.15, 0.2) is 53.5 Å². The lowest BCUT2D eigenvalue weighted by Gasteiger charge is -2.20. The number of aromatic carboxylic acids is 1. The second kappa shape index (κ2) is 9.14. The average Bonchev–Trinajstić information content (AvgIpc) is 2.82. The predicted molar refractivity (Wildman–Crippen MR) is 130 cm³/mol. The molecule has 10 heteroatoms. The van der Waals surface area contributed by atoms with Crippen LogP contribution in [0.3, 0.4) is 0 Å². The SMILES string of the molecule is Cc1c(-c2ccc(C#N)cc2)nc2c([C@@H](C)Nc3ccc(Cl)nc3C(=O)O)cc(Cl)cn2c1=O. The highest BCUT2D eigenvalue weighted by atomic mass is 35.5. The van der Waals surface area contributed by atoms with E-state index >= 15 is 0 Å². The molecular formula is C24H17Cl2N5O3. The van der Waals surface area contributed by atoms with Crippen LogP contribution in [0.1, 0.15) is 40.1 Å². The van der Waals surface area contributed by atoms with Gasteiger partial charge in [0.1, 0.15) is 10.8 Å². The van der Waals surface area contributed by atoms with Gasteiger partial charge in [0.05, 0.1) is 34.1 Å². The van der Waals surface area contributed by atoms with Crippen molar-refractivity contribution in [3.63, 3.8) is 0 Å². The lowest BCUT2D eigenvalue weighted by molar-refractivity contribution is 0.0691. The summed E-state index contributed by atoms with van der Waals surface area (Å²) in [5.74, 6) is -1.23. The Morgan fingerprint density at radius 2 is 1.88 bits per heavy atom. The van der Waals surface area contributed by atoms with Crippen LogP contribution in [0.5, 0.6) is 0 Å². The molecule has 1 aromatic carbocycles. The Hall–Kier alpha value is -3.93. The average molecular weight is 494 g/mol. The smallest absolute Gasteiger partial charge is 0.356 e. The summed E-state index contributed by atoms with van der Waals surface area (Å²) in [6, 6.07) is 13.0. The summed E-state index contributed by atoms with van der Waals surface area (Å²) in [6.07, 6.45) is 1.49. The minimum Gasteiger partial charge on any atom is -0.476 e. The Morgan fingerprint density at radius 3 is 2.53 bits per heavy atom. The number of nitrogens with zero attached hydrogens (tertiary/aromatic N) is 4. The van der Waals surface area contributed by atoms with Crippen LogP contribution in [-0.2, 0) is 0 Å². The molecule has 0 amide bonds. The Labute approximate surface area is 204 Å². The van der Waals surface area contributed by atoms with Gasteiger partial charge in [0.2, 0.25) is 0 Å². The van der Waals surface area contributed by atoms with Crippen LogP contribution in [0.2, 0.25) is 10.2 Å². The number of carbonyl (C=O) groups is 1. The van der Waals surface area contributed by atoms with Crippen molar-refractivity contribution in [2.24, 2.45) is 0 Å². The van der Waals surface area contributed by atoms with Gasteiger partial charge >= 0.3 is 5.97 Å². The molecule has 4 aromatic rings. The maximum Gasteiger partial charge on any atom is 0.356 e. The van der Waals surface area contributed by atoms with Gasteiger partial charge in [-0.05, 0) is 44.2 Å². The topological polar surface area (TPSA) is 120 Å². The maximum atomic E-state index is 13.2. The minimum absolute atomic E-state index is 0.0551. The van der Waals surface area contributed by atoms with Gasteiger partial charge in [-0.1, -0.05) is 35.3 Å². The number of nitrogens with one attached hydrogen (secondary N) is 1. The van der Waals surface area contributed by atoms with Gasteiger partial charge in [-0.15, -0.1) is 0 Å². The molecule has 170 valence electrons. The van der Waals surface area contributed by atoms with Gasteiger partial charge in [0.15, 0.2) is 5.69 Å². The lowest BCUT2D eigenvalue weighted by Crippen LogP contribution is -2.22. The highest BCUT2D eigenvalue weighted by Crippen LogP contribution is 2.29. The summed E-state index contributed by atoms with van der Waals surface area (Å²) >= 11 is 12.2. The molecule has 0 unspecified atom stereocenters. The molecule has 8 nitrogen and oxygen atoms in total. The summed E-state index contributed by atoms with van der Waals surface area (Å²) in [6.45, 7) is 3.47. The lowest BCUT2D eigenvalue weighted by atomic mass is 10.0. The van der Waals surface area contributed by atoms with Crippen molar-refractivity contribution in [3.05, 3.63) is 91.6 Å². The highest BCUT2D eigenvalue weighted by Gasteiger charge is 2.20. The van der Waals surface area contributed by atoms with Gasteiger partial charge in [-0.25, -0.2) is 14.8 Å². The summed E-state index contributed by atoms with van der Waals surface area (Å²) in [4.78, 5) is 33.5. The third-order valence-electron chi connectivity index (χ3n) is 5.33. The molecule has 1 atom stereocenters. The Bertz CT molecular complexity index is 1540. The first-order valence-electron chi connectivity index (χ1n) is 10.1. The standard InChI is InChI=1S/C24H17Cl2N5O3/c1-12-20(15-5-3-14(10-27)4-6-15)30-22-17(9-16(25)11-31(22)23(12)32)13(2)28-18-7-8-19(26)29-21(18)24(33)34/h3-9,11,13,28H,1-2H3,(H,33,34)/t13-/m1/s1. The quantitative estimate of drug-likeness (QED) is 0.370. The number of pyridine rings is 2. The van der Waals surface area contributed by atoms with Gasteiger partial charge < -0.3 is 10.4 Å². The molecule has 0 spiro atoms. The molecule has 0 saturated heterocycles. The number of hydrogen-bond donors (Lipinski definition) is 2. The van der Waals surface area contributed by atoms with E-state index < -0.39 is 12.0 Å². The third-order valence-corrected chi connectivity index (χ3v) is 5.75. The van der Waals surface area contributed by atoms with E-state index in [1.807, 2.05) is 0 Å². The number of halogens is 2. The molecule has 0 fully saturated rings. The number of benzene rings is 1. The highest BCUT2D eigenvalue weighted by molar-refractivity contribution is 6.30. The normalized spacial score (nSPS) is 11.7. The van der Waals surface area contributed by atoms with E-state index in [1.165, 1.54) is 22.7 Å². The van der Waals surface area contributed by atoms with Gasteiger partial charge in [-0.2, -0.15) is 5.26 Å². The zero-order valence-electron chi connectivity index (χ0n) is 18.0. The van der Waals surface area contributed by atoms with Crippen molar-refractivity contribution < 1.29 is 9.90 Å². The molecule has 0 aliphatic carbocycles. The van der Waals surface area contributed by atoms with E-state index in [0.717, 1.165) is 0 Å². The number of fused-ring (bicyclic) bond motifs is 1. The second-order valence-electron chi connectivity index (χ2n) is 7.59. The number of rotatable bonds is 5. The first-order valence-corrected chi connectivity index (χ1v) is 10.8. The molecule has 0 aliphatic rings. The number of carboxylic acid groups (broad SMARTS) is 1. The number of anilines is 1. The first kappa shape index (κ1) is 23.2. The van der Waals surface area contributed by atoms with Gasteiger partial charge in [0.25, 0.3) is 5.56 Å². The van der Waals surface area contributed by atoms with Crippen molar-refractivity contribution in [1.82, 2.24) is 14.4 Å². The first-order chi connectivity index (χ1) is 16.2. The zero-order chi connectivity index (χ0) is 24.6. The van der Waals surface area contributed by atoms with Crippen LogP contribution < -0.4 is 10.9 Å². The maximum absolute atomic E-state index is 13.2. The molecule has 0 radical (unpaired) electrons. The molecule has 0 bridgehead atoms. The largest absolute Gasteiger partial charge is 0.476 e. The van der Waals surface area contributed by atoms with E-state index in [1.54, 1.807) is 44.2 Å². The van der Waals surface area contributed by atoms with Gasteiger partial charge in [-0.3, -0.25) is 9.20 Å². The molecule has 4 rings (SSSR count). The number of carboxylic acids is 1. The number of hydrogen-bond acceptors (Lipinski definition) is 6. The minimum atomic E-state index is -1.23. The number of aromatic nitrogens is 3. The number of nitriles is 1. The molecule has 0 aliphatic heterocycles. The van der Waals surface area contributed by atoms with E-state index in [-0.39, 0.29) is 22.1 Å². The van der Waals surface area contributed by atoms with Crippen molar-refractivity contribution >= 4 is 40.5 Å². The van der Waals surface area contributed by atoms with Crippen LogP contribution in [-0.4, -0.2) is 25.4 Å². The van der Waals surface area contributed by atoms with E-state index in [2.05, 4.69) is 16.4 Å². The van der Waals surface area contributed by atoms with Crippen LogP contribution in [0, 0.1) is 18.3 Å². The Balaban J connectivity index is 1.88. The Morgan fingerprint density at radius 1 is 1.18 bits per heavy atom. The summed E-state index contributed by atoms with van der Waals surface area (Å²) in [7, 11) is 0. The van der Waals surface area contributed by atoms with Crippen LogP contribution >= 0.6 is 23.2 Å². The van der Waals surface area contributed by atoms with E-state index in [0.29, 0.717) is 38.6 Å². The zero-order valence-corrected chi connectivity index (χ0v) is 19.5. The van der Waals surface area contributed by atoms with Crippen LogP contribution in [0.4, 0.5) is 5.69 Å². The second-order valence-corrected chi connectivity index (χ2v) is 8.41. The summed E-state index contributed by atoms with van der Waals surface area (Å²) in [5, 5.41) is 22.0. The van der Waals surface area contributed by atoms with Crippen LogP contribution in [0.25, 0.3) is 16.9 Å². The molecule has 34 heavy (non-hydrogen) atoms. The third kappa shape index (κ3) is 4.31. The molecule has 3 heterocycles. The summed E-state index contributed by atoms with van der Waals surface area (Å²) < 4.78 is 1.37. The fourth-order valence-electron chi connectivity index (χ4n) is 3.65. The molecule has 2 N–H and O–H groups in total. The van der Waals surface area contributed by atoms with Crippen molar-refractivity contribution in [2.45, 2.75) is 19.9 Å². The molecular weight excluding hydrogens is 477 g/mol. The van der Waals surface area contributed by atoms with Gasteiger partial charge in [0, 0.05) is 22.9 Å². The fourth-order valence-corrected chi connectivity index (χ4v) is 4.01. The van der Waals surface area contributed by atoms with Crippen molar-refractivity contribution in [3.8, 4) is 17.3 Å². The Kier molecular flexibility index (Phi) is 6.24. The van der Waals surface area contributed by atoms with Crippen molar-refractivity contribution in [1.29, 1.82) is 5.26 Å². The molecule has 3 aromatic heterocycles. The van der Waals surface area contributed by atoms with E-state index in [9.17, 15) is 14.7 Å². The predicted octanol–water partition coefficient (Wildman–Crippen LogP) is 5.11. The fraction of sp³-hybridized carbons (Fsp3) is 0.125. The molecule has 0 saturated carbocycles. The van der Waals surface area contributed by atoms with E-state index in [4.69, 9.17) is 33.4 Å². The monoisotopic (exact) mass is 493 g/mol.